The van der Waals surface area contributed by atoms with Crippen molar-refractivity contribution in [3.05, 3.63) is 68.3 Å². The van der Waals surface area contributed by atoms with E-state index in [2.05, 4.69) is 27.9 Å². The first kappa shape index (κ1) is 22.5. The molecule has 1 saturated carbocycles. The zero-order valence-corrected chi connectivity index (χ0v) is 20.1. The zero-order valence-electron chi connectivity index (χ0n) is 17.9. The van der Waals surface area contributed by atoms with Crippen LogP contribution in [0, 0.1) is 10.5 Å². The summed E-state index contributed by atoms with van der Waals surface area (Å²) in [4.78, 5) is 39.0. The second-order valence-electron chi connectivity index (χ2n) is 8.25. The molecule has 166 valence electrons. The summed E-state index contributed by atoms with van der Waals surface area (Å²) < 4.78 is 6.80. The Balaban J connectivity index is 1.50. The summed E-state index contributed by atoms with van der Waals surface area (Å²) in [6, 6.07) is 12.9. The molecule has 6 nitrogen and oxygen atoms in total. The van der Waals surface area contributed by atoms with Gasteiger partial charge in [0.1, 0.15) is 17.9 Å². The first-order valence-corrected chi connectivity index (χ1v) is 11.9. The molecule has 4 amide bonds. The third-order valence-corrected chi connectivity index (χ3v) is 6.70. The van der Waals surface area contributed by atoms with Crippen LogP contribution in [0.5, 0.6) is 5.75 Å². The van der Waals surface area contributed by atoms with E-state index in [1.165, 1.54) is 10.5 Å². The molecule has 1 N–H and O–H groups in total. The van der Waals surface area contributed by atoms with Crippen LogP contribution >= 0.6 is 22.6 Å². The fraction of sp³-hybridized carbons (Fsp3) is 0.320. The second-order valence-corrected chi connectivity index (χ2v) is 9.41. The Morgan fingerprint density at radius 2 is 1.78 bits per heavy atom. The minimum absolute atomic E-state index is 0.0145. The van der Waals surface area contributed by atoms with Crippen LogP contribution in [0.1, 0.15) is 48.8 Å². The summed E-state index contributed by atoms with van der Waals surface area (Å²) in [5.41, 5.74) is 2.97. The molecule has 7 heteroatoms. The Labute approximate surface area is 201 Å². The average molecular weight is 544 g/mol. The molecule has 0 atom stereocenters. The van der Waals surface area contributed by atoms with Crippen molar-refractivity contribution in [3.63, 3.8) is 0 Å². The van der Waals surface area contributed by atoms with Crippen molar-refractivity contribution in [2.45, 2.75) is 51.7 Å². The Morgan fingerprint density at radius 1 is 1.06 bits per heavy atom. The van der Waals surface area contributed by atoms with Gasteiger partial charge in [-0.05, 0) is 71.7 Å². The van der Waals surface area contributed by atoms with Crippen molar-refractivity contribution in [1.82, 2.24) is 10.2 Å². The van der Waals surface area contributed by atoms with E-state index in [-0.39, 0.29) is 11.6 Å². The minimum Gasteiger partial charge on any atom is -0.488 e. The van der Waals surface area contributed by atoms with Crippen molar-refractivity contribution in [2.24, 2.45) is 0 Å². The number of hydrogen-bond acceptors (Lipinski definition) is 4. The van der Waals surface area contributed by atoms with Gasteiger partial charge in [-0.3, -0.25) is 19.8 Å². The van der Waals surface area contributed by atoms with E-state index in [1.807, 2.05) is 49.4 Å². The average Bonchev–Trinajstić information content (AvgIpc) is 2.78. The minimum atomic E-state index is -0.651. The van der Waals surface area contributed by atoms with Gasteiger partial charge in [-0.15, -0.1) is 0 Å². The number of rotatable bonds is 5. The summed E-state index contributed by atoms with van der Waals surface area (Å²) in [7, 11) is 0. The van der Waals surface area contributed by atoms with Gasteiger partial charge in [-0.2, -0.15) is 0 Å². The molecule has 1 aliphatic heterocycles. The highest BCUT2D eigenvalue weighted by molar-refractivity contribution is 14.1. The maximum absolute atomic E-state index is 13.0. The summed E-state index contributed by atoms with van der Waals surface area (Å²) in [6.07, 6.45) is 6.19. The molecule has 0 unspecified atom stereocenters. The van der Waals surface area contributed by atoms with Crippen LogP contribution in [-0.2, 0) is 16.2 Å². The number of hydrogen-bond donors (Lipinski definition) is 1. The number of halogens is 1. The number of urea groups is 1. The van der Waals surface area contributed by atoms with Gasteiger partial charge in [-0.25, -0.2) is 4.79 Å². The number of carbonyl (C=O) groups excluding carboxylic acids is 3. The number of ether oxygens (including phenoxy) is 1. The van der Waals surface area contributed by atoms with E-state index in [0.29, 0.717) is 12.2 Å². The Kier molecular flexibility index (Phi) is 6.93. The first-order valence-electron chi connectivity index (χ1n) is 10.8. The smallest absolute Gasteiger partial charge is 0.331 e. The summed E-state index contributed by atoms with van der Waals surface area (Å²) in [5, 5.41) is 2.33. The highest BCUT2D eigenvalue weighted by Crippen LogP contribution is 2.28. The molecule has 2 aromatic carbocycles. The van der Waals surface area contributed by atoms with E-state index in [9.17, 15) is 14.4 Å². The molecule has 2 fully saturated rings. The highest BCUT2D eigenvalue weighted by atomic mass is 127. The molecule has 2 aromatic rings. The van der Waals surface area contributed by atoms with E-state index < -0.39 is 17.8 Å². The van der Waals surface area contributed by atoms with Gasteiger partial charge in [-0.1, -0.05) is 55.2 Å². The molecule has 0 bridgehead atoms. The topological polar surface area (TPSA) is 75.7 Å². The summed E-state index contributed by atoms with van der Waals surface area (Å²) >= 11 is 2.18. The molecule has 1 saturated heterocycles. The highest BCUT2D eigenvalue weighted by Gasteiger charge is 2.40. The standard InChI is InChI=1S/C25H25IN2O4/c1-16-7-9-17(10-8-16)15-32-22-12-11-18(14-21(22)26)13-20-23(29)27-25(31)28(24(20)30)19-5-3-2-4-6-19/h7-14,19H,2-6,15H2,1H3,(H,27,29,31). The molecular weight excluding hydrogens is 519 g/mol. The van der Waals surface area contributed by atoms with Crippen LogP contribution in [0.25, 0.3) is 6.08 Å². The number of carbonyl (C=O) groups is 3. The van der Waals surface area contributed by atoms with Gasteiger partial charge in [0.2, 0.25) is 0 Å². The van der Waals surface area contributed by atoms with Crippen LogP contribution in [0.15, 0.2) is 48.0 Å². The predicted molar refractivity (Wildman–Crippen MR) is 130 cm³/mol. The molecule has 1 aliphatic carbocycles. The lowest BCUT2D eigenvalue weighted by molar-refractivity contribution is -0.132. The van der Waals surface area contributed by atoms with Gasteiger partial charge in [0, 0.05) is 6.04 Å². The van der Waals surface area contributed by atoms with Gasteiger partial charge >= 0.3 is 6.03 Å². The van der Waals surface area contributed by atoms with Gasteiger partial charge < -0.3 is 4.74 Å². The van der Waals surface area contributed by atoms with Crippen LogP contribution in [0.2, 0.25) is 0 Å². The van der Waals surface area contributed by atoms with E-state index >= 15 is 0 Å². The zero-order chi connectivity index (χ0) is 22.7. The quantitative estimate of drug-likeness (QED) is 0.328. The normalized spacial score (nSPS) is 18.8. The van der Waals surface area contributed by atoms with Crippen LogP contribution in [-0.4, -0.2) is 28.8 Å². The fourth-order valence-electron chi connectivity index (χ4n) is 4.08. The SMILES string of the molecule is Cc1ccc(COc2ccc(C=C3C(=O)NC(=O)N(C4CCCCC4)C3=O)cc2I)cc1. The maximum atomic E-state index is 13.0. The lowest BCUT2D eigenvalue weighted by Gasteiger charge is -2.35. The summed E-state index contributed by atoms with van der Waals surface area (Å²) in [5.74, 6) is -0.436. The number of nitrogens with one attached hydrogen (secondary N) is 1. The van der Waals surface area contributed by atoms with Gasteiger partial charge in [0.25, 0.3) is 11.8 Å². The second kappa shape index (κ2) is 9.85. The van der Waals surface area contributed by atoms with Crippen LogP contribution < -0.4 is 10.1 Å². The summed E-state index contributed by atoms with van der Waals surface area (Å²) in [6.45, 7) is 2.50. The van der Waals surface area contributed by atoms with Crippen molar-refractivity contribution in [2.75, 3.05) is 0 Å². The number of amides is 4. The Hall–Kier alpha value is -2.68. The molecule has 32 heavy (non-hydrogen) atoms. The number of barbiturate groups is 1. The maximum Gasteiger partial charge on any atom is 0.331 e. The Bertz CT molecular complexity index is 1070. The molecule has 0 spiro atoms. The molecule has 2 aliphatic rings. The predicted octanol–water partition coefficient (Wildman–Crippen LogP) is 4.97. The lowest BCUT2D eigenvalue weighted by atomic mass is 9.93. The molecule has 0 radical (unpaired) electrons. The van der Waals surface area contributed by atoms with E-state index in [0.717, 1.165) is 47.0 Å². The monoisotopic (exact) mass is 544 g/mol. The van der Waals surface area contributed by atoms with E-state index in [1.54, 1.807) is 6.08 Å². The van der Waals surface area contributed by atoms with Crippen molar-refractivity contribution in [1.29, 1.82) is 0 Å². The molecule has 0 aromatic heterocycles. The van der Waals surface area contributed by atoms with E-state index in [4.69, 9.17) is 4.74 Å². The molecule has 1 heterocycles. The fourth-order valence-corrected chi connectivity index (χ4v) is 4.77. The van der Waals surface area contributed by atoms with Crippen LogP contribution in [0.4, 0.5) is 4.79 Å². The Morgan fingerprint density at radius 3 is 2.47 bits per heavy atom. The van der Waals surface area contributed by atoms with Crippen molar-refractivity contribution in [3.8, 4) is 5.75 Å². The van der Waals surface area contributed by atoms with Crippen LogP contribution in [0.3, 0.4) is 0 Å². The third kappa shape index (κ3) is 5.03. The largest absolute Gasteiger partial charge is 0.488 e. The number of imide groups is 2. The van der Waals surface area contributed by atoms with Crippen molar-refractivity contribution >= 4 is 46.5 Å². The lowest BCUT2D eigenvalue weighted by Crippen LogP contribution is -2.58. The molecule has 4 rings (SSSR count). The number of aryl methyl sites for hydroxylation is 1. The number of nitrogens with zero attached hydrogens (tertiary/aromatic N) is 1. The third-order valence-electron chi connectivity index (χ3n) is 5.85. The number of benzene rings is 2. The first-order chi connectivity index (χ1) is 15.4. The van der Waals surface area contributed by atoms with Gasteiger partial charge in [0.05, 0.1) is 3.57 Å². The van der Waals surface area contributed by atoms with Crippen molar-refractivity contribution < 1.29 is 19.1 Å². The molecular formula is C25H25IN2O4. The van der Waals surface area contributed by atoms with Gasteiger partial charge in [0.15, 0.2) is 0 Å².